The molecule has 1 aliphatic rings. The van der Waals surface area contributed by atoms with Gasteiger partial charge in [-0.05, 0) is 38.1 Å². The number of nitrogens with zero attached hydrogens (tertiary/aromatic N) is 2. The molecule has 1 heterocycles. The molecule has 1 aromatic rings. The highest BCUT2D eigenvalue weighted by Gasteiger charge is 2.24. The van der Waals surface area contributed by atoms with E-state index >= 15 is 0 Å². The van der Waals surface area contributed by atoms with E-state index in [4.69, 9.17) is 4.74 Å². The van der Waals surface area contributed by atoms with Gasteiger partial charge in [-0.3, -0.25) is 14.6 Å². The normalized spacial score (nSPS) is 20.5. The van der Waals surface area contributed by atoms with Crippen molar-refractivity contribution in [2.24, 2.45) is 0 Å². The Bertz CT molecular complexity index is 502. The molecule has 4 nitrogen and oxygen atoms in total. The van der Waals surface area contributed by atoms with Gasteiger partial charge in [0.25, 0.3) is 0 Å². The van der Waals surface area contributed by atoms with Crippen molar-refractivity contribution in [2.75, 3.05) is 39.8 Å². The van der Waals surface area contributed by atoms with E-state index in [2.05, 4.69) is 23.6 Å². The maximum atomic E-state index is 12.5. The van der Waals surface area contributed by atoms with E-state index in [0.29, 0.717) is 23.9 Å². The smallest absolute Gasteiger partial charge is 0.180 e. The van der Waals surface area contributed by atoms with Gasteiger partial charge in [-0.2, -0.15) is 0 Å². The molecule has 1 unspecified atom stereocenters. The number of rotatable bonds is 5. The van der Waals surface area contributed by atoms with Crippen LogP contribution in [0.3, 0.4) is 0 Å². The predicted molar refractivity (Wildman–Crippen MR) is 85.2 cm³/mol. The lowest BCUT2D eigenvalue weighted by Crippen LogP contribution is -2.52. The maximum Gasteiger partial charge on any atom is 0.180 e. The van der Waals surface area contributed by atoms with Crippen LogP contribution in [0.5, 0.6) is 5.75 Å². The number of benzene rings is 1. The molecule has 0 bridgehead atoms. The van der Waals surface area contributed by atoms with Crippen molar-refractivity contribution in [3.63, 3.8) is 0 Å². The summed E-state index contributed by atoms with van der Waals surface area (Å²) in [6, 6.07) is 6.28. The van der Waals surface area contributed by atoms with Crippen LogP contribution in [0.25, 0.3) is 0 Å². The Labute approximate surface area is 127 Å². The van der Waals surface area contributed by atoms with Crippen LogP contribution in [0.2, 0.25) is 0 Å². The number of ether oxygens (including phenoxy) is 1. The first-order chi connectivity index (χ1) is 10.0. The minimum absolute atomic E-state index is 0.143. The highest BCUT2D eigenvalue weighted by atomic mass is 16.5. The molecule has 0 aliphatic carbocycles. The number of hydrogen-bond donors (Lipinski definition) is 0. The van der Waals surface area contributed by atoms with Gasteiger partial charge in [-0.25, -0.2) is 0 Å². The fraction of sp³-hybridized carbons (Fsp3) is 0.588. The van der Waals surface area contributed by atoms with Crippen LogP contribution in [-0.4, -0.2) is 61.5 Å². The Morgan fingerprint density at radius 1 is 1.38 bits per heavy atom. The molecule has 1 fully saturated rings. The van der Waals surface area contributed by atoms with E-state index in [0.717, 1.165) is 31.7 Å². The van der Waals surface area contributed by atoms with E-state index in [1.165, 1.54) is 0 Å². The standard InChI is InChI=1S/C17H26N2O2/c1-5-19-9-8-18(11-14(19)3)12-16(20)15-7-6-13(2)10-17(15)21-4/h6-7,10,14H,5,8-9,11-12H2,1-4H3. The highest BCUT2D eigenvalue weighted by Crippen LogP contribution is 2.21. The minimum Gasteiger partial charge on any atom is -0.496 e. The lowest BCUT2D eigenvalue weighted by Gasteiger charge is -2.39. The van der Waals surface area contributed by atoms with E-state index in [-0.39, 0.29) is 5.78 Å². The quantitative estimate of drug-likeness (QED) is 0.779. The van der Waals surface area contributed by atoms with Gasteiger partial charge in [0.15, 0.2) is 5.78 Å². The second-order valence-electron chi connectivity index (χ2n) is 5.84. The molecule has 4 heteroatoms. The number of carbonyl (C=O) groups excluding carboxylic acids is 1. The molecule has 116 valence electrons. The Balaban J connectivity index is 2.02. The van der Waals surface area contributed by atoms with Crippen molar-refractivity contribution in [1.82, 2.24) is 9.80 Å². The average molecular weight is 290 g/mol. The number of carbonyl (C=O) groups is 1. The van der Waals surface area contributed by atoms with Gasteiger partial charge in [0.05, 0.1) is 19.2 Å². The fourth-order valence-corrected chi connectivity index (χ4v) is 3.00. The van der Waals surface area contributed by atoms with Crippen LogP contribution in [-0.2, 0) is 0 Å². The maximum absolute atomic E-state index is 12.5. The van der Waals surface area contributed by atoms with Crippen LogP contribution in [0.15, 0.2) is 18.2 Å². The molecule has 1 aliphatic heterocycles. The zero-order chi connectivity index (χ0) is 15.4. The number of methoxy groups -OCH3 is 1. The predicted octanol–water partition coefficient (Wildman–Crippen LogP) is 2.21. The van der Waals surface area contributed by atoms with Crippen molar-refractivity contribution < 1.29 is 9.53 Å². The Hall–Kier alpha value is -1.39. The highest BCUT2D eigenvalue weighted by molar-refractivity contribution is 6.00. The molecular formula is C17H26N2O2. The molecule has 0 aromatic heterocycles. The number of piperazine rings is 1. The van der Waals surface area contributed by atoms with Crippen LogP contribution in [0.1, 0.15) is 29.8 Å². The van der Waals surface area contributed by atoms with E-state index in [1.807, 2.05) is 25.1 Å². The van der Waals surface area contributed by atoms with Gasteiger partial charge in [-0.1, -0.05) is 13.0 Å². The van der Waals surface area contributed by atoms with E-state index in [1.54, 1.807) is 7.11 Å². The topological polar surface area (TPSA) is 32.8 Å². The minimum atomic E-state index is 0.143. The van der Waals surface area contributed by atoms with Crippen molar-refractivity contribution in [3.8, 4) is 5.75 Å². The molecule has 2 rings (SSSR count). The molecule has 0 amide bonds. The first kappa shape index (κ1) is 16.0. The van der Waals surface area contributed by atoms with Crippen LogP contribution in [0.4, 0.5) is 0 Å². The third-order valence-corrected chi connectivity index (χ3v) is 4.28. The molecule has 0 spiro atoms. The fourth-order valence-electron chi connectivity index (χ4n) is 3.00. The Morgan fingerprint density at radius 3 is 2.76 bits per heavy atom. The van der Waals surface area contributed by atoms with E-state index in [9.17, 15) is 4.79 Å². The number of hydrogen-bond acceptors (Lipinski definition) is 4. The SMILES string of the molecule is CCN1CCN(CC(=O)c2ccc(C)cc2OC)CC1C. The van der Waals surface area contributed by atoms with Crippen molar-refractivity contribution >= 4 is 5.78 Å². The monoisotopic (exact) mass is 290 g/mol. The van der Waals surface area contributed by atoms with E-state index < -0.39 is 0 Å². The lowest BCUT2D eigenvalue weighted by atomic mass is 10.1. The molecule has 0 saturated carbocycles. The summed E-state index contributed by atoms with van der Waals surface area (Å²) in [5.74, 6) is 0.823. The number of Topliss-reactive ketones (excluding diaryl/α,β-unsaturated/α-hetero) is 1. The second kappa shape index (κ2) is 7.05. The summed E-state index contributed by atoms with van der Waals surface area (Å²) < 4.78 is 5.34. The molecular weight excluding hydrogens is 264 g/mol. The number of likely N-dealkylation sites (N-methyl/N-ethyl adjacent to an activating group) is 1. The summed E-state index contributed by atoms with van der Waals surface area (Å²) in [7, 11) is 1.62. The van der Waals surface area contributed by atoms with Crippen LogP contribution in [0, 0.1) is 6.92 Å². The van der Waals surface area contributed by atoms with Gasteiger partial charge >= 0.3 is 0 Å². The first-order valence-corrected chi connectivity index (χ1v) is 7.69. The van der Waals surface area contributed by atoms with Gasteiger partial charge in [0.2, 0.25) is 0 Å². The zero-order valence-electron chi connectivity index (χ0n) is 13.6. The summed E-state index contributed by atoms with van der Waals surface area (Å²) >= 11 is 0. The molecule has 1 aromatic carbocycles. The Morgan fingerprint density at radius 2 is 2.14 bits per heavy atom. The third kappa shape index (κ3) is 3.83. The van der Waals surface area contributed by atoms with Gasteiger partial charge in [0.1, 0.15) is 5.75 Å². The average Bonchev–Trinajstić information content (AvgIpc) is 2.47. The first-order valence-electron chi connectivity index (χ1n) is 7.69. The zero-order valence-corrected chi connectivity index (χ0v) is 13.6. The number of ketones is 1. The van der Waals surface area contributed by atoms with Crippen molar-refractivity contribution in [2.45, 2.75) is 26.8 Å². The summed E-state index contributed by atoms with van der Waals surface area (Å²) in [5, 5.41) is 0. The van der Waals surface area contributed by atoms with Gasteiger partial charge in [0, 0.05) is 25.7 Å². The third-order valence-electron chi connectivity index (χ3n) is 4.28. The second-order valence-corrected chi connectivity index (χ2v) is 5.84. The van der Waals surface area contributed by atoms with Gasteiger partial charge < -0.3 is 4.74 Å². The molecule has 0 N–H and O–H groups in total. The molecule has 0 radical (unpaired) electrons. The largest absolute Gasteiger partial charge is 0.496 e. The molecule has 21 heavy (non-hydrogen) atoms. The Kier molecular flexibility index (Phi) is 5.37. The van der Waals surface area contributed by atoms with Gasteiger partial charge in [-0.15, -0.1) is 0 Å². The summed E-state index contributed by atoms with van der Waals surface area (Å²) in [6.45, 7) is 10.9. The van der Waals surface area contributed by atoms with Crippen molar-refractivity contribution in [1.29, 1.82) is 0 Å². The van der Waals surface area contributed by atoms with Crippen LogP contribution >= 0.6 is 0 Å². The molecule has 1 saturated heterocycles. The summed E-state index contributed by atoms with van der Waals surface area (Å²) in [5.41, 5.74) is 1.79. The summed E-state index contributed by atoms with van der Waals surface area (Å²) in [4.78, 5) is 17.2. The lowest BCUT2D eigenvalue weighted by molar-refractivity contribution is 0.0721. The van der Waals surface area contributed by atoms with Crippen molar-refractivity contribution in [3.05, 3.63) is 29.3 Å². The van der Waals surface area contributed by atoms with Crippen LogP contribution < -0.4 is 4.74 Å². The molecule has 1 atom stereocenters. The summed E-state index contributed by atoms with van der Waals surface area (Å²) in [6.07, 6.45) is 0. The number of aryl methyl sites for hydroxylation is 1.